The van der Waals surface area contributed by atoms with E-state index < -0.39 is 17.9 Å². The average molecular weight is 543 g/mol. The average Bonchev–Trinajstić information content (AvgIpc) is 3.46. The van der Waals surface area contributed by atoms with Crippen LogP contribution in [0.4, 0.5) is 0 Å². The van der Waals surface area contributed by atoms with Gasteiger partial charge in [-0.3, -0.25) is 24.2 Å². The zero-order valence-corrected chi connectivity index (χ0v) is 21.9. The normalized spacial score (nSPS) is 14.5. The van der Waals surface area contributed by atoms with Crippen molar-refractivity contribution in [2.75, 3.05) is 32.7 Å². The minimum atomic E-state index is -0.925. The number of nitrogens with one attached hydrogen (secondary N) is 3. The second-order valence-corrected chi connectivity index (χ2v) is 9.40. The SMILES string of the molecule is N#C[C@@H]1CCCN1C(=O)CNC(=O)c1ccnc2ccc(-c3ccc(C(=O)NCCCNCC(=O)O)cc3)cc12. The maximum atomic E-state index is 13.0. The molecule has 1 aliphatic heterocycles. The van der Waals surface area contributed by atoms with E-state index in [1.807, 2.05) is 30.3 Å². The second kappa shape index (κ2) is 13.3. The van der Waals surface area contributed by atoms with E-state index >= 15 is 0 Å². The Hall–Kier alpha value is -4.82. The molecule has 0 unspecified atom stereocenters. The summed E-state index contributed by atoms with van der Waals surface area (Å²) >= 11 is 0. The van der Waals surface area contributed by atoms with Crippen molar-refractivity contribution in [1.29, 1.82) is 5.26 Å². The molecular weight excluding hydrogens is 512 g/mol. The lowest BCUT2D eigenvalue weighted by atomic mass is 9.99. The lowest BCUT2D eigenvalue weighted by molar-refractivity contribution is -0.136. The number of amides is 3. The van der Waals surface area contributed by atoms with Crippen LogP contribution in [0.15, 0.2) is 54.7 Å². The van der Waals surface area contributed by atoms with Gasteiger partial charge in [-0.25, -0.2) is 0 Å². The highest BCUT2D eigenvalue weighted by Crippen LogP contribution is 2.26. The summed E-state index contributed by atoms with van der Waals surface area (Å²) in [6.45, 7) is 1.11. The van der Waals surface area contributed by atoms with Crippen molar-refractivity contribution < 1.29 is 24.3 Å². The van der Waals surface area contributed by atoms with E-state index in [0.29, 0.717) is 54.5 Å². The van der Waals surface area contributed by atoms with E-state index in [-0.39, 0.29) is 24.9 Å². The highest BCUT2D eigenvalue weighted by Gasteiger charge is 2.28. The molecule has 4 N–H and O–H groups in total. The Kier molecular flexibility index (Phi) is 9.38. The molecule has 206 valence electrons. The van der Waals surface area contributed by atoms with Crippen molar-refractivity contribution >= 4 is 34.6 Å². The molecule has 11 heteroatoms. The largest absolute Gasteiger partial charge is 0.480 e. The van der Waals surface area contributed by atoms with Gasteiger partial charge in [0.05, 0.1) is 30.2 Å². The van der Waals surface area contributed by atoms with Gasteiger partial charge in [0, 0.05) is 30.2 Å². The van der Waals surface area contributed by atoms with E-state index in [2.05, 4.69) is 27.0 Å². The number of fused-ring (bicyclic) bond motifs is 1. The molecule has 4 rings (SSSR count). The topological polar surface area (TPSA) is 165 Å². The van der Waals surface area contributed by atoms with Gasteiger partial charge in [0.15, 0.2) is 0 Å². The maximum Gasteiger partial charge on any atom is 0.317 e. The van der Waals surface area contributed by atoms with Crippen LogP contribution in [0.3, 0.4) is 0 Å². The molecule has 1 atom stereocenters. The first kappa shape index (κ1) is 28.2. The summed E-state index contributed by atoms with van der Waals surface area (Å²) in [5.41, 5.74) is 3.17. The molecule has 1 aliphatic rings. The number of likely N-dealkylation sites (tertiary alicyclic amines) is 1. The Bertz CT molecular complexity index is 1450. The number of nitrogens with zero attached hydrogens (tertiary/aromatic N) is 3. The van der Waals surface area contributed by atoms with Crippen LogP contribution in [0.2, 0.25) is 0 Å². The number of carboxylic acids is 1. The van der Waals surface area contributed by atoms with Crippen LogP contribution in [0.25, 0.3) is 22.0 Å². The number of aliphatic carboxylic acids is 1. The van der Waals surface area contributed by atoms with Crippen LogP contribution >= 0.6 is 0 Å². The highest BCUT2D eigenvalue weighted by molar-refractivity contribution is 6.07. The quantitative estimate of drug-likeness (QED) is 0.267. The number of carbonyl (C=O) groups excluding carboxylic acids is 3. The molecule has 0 saturated carbocycles. The summed E-state index contributed by atoms with van der Waals surface area (Å²) in [5.74, 6) is -1.84. The van der Waals surface area contributed by atoms with E-state index in [1.165, 1.54) is 4.90 Å². The fourth-order valence-electron chi connectivity index (χ4n) is 4.60. The summed E-state index contributed by atoms with van der Waals surface area (Å²) in [6.07, 6.45) is 3.56. The first-order valence-corrected chi connectivity index (χ1v) is 13.0. The van der Waals surface area contributed by atoms with Crippen molar-refractivity contribution in [2.45, 2.75) is 25.3 Å². The molecule has 11 nitrogen and oxygen atoms in total. The van der Waals surface area contributed by atoms with Crippen molar-refractivity contribution in [2.24, 2.45) is 0 Å². The lowest BCUT2D eigenvalue weighted by Gasteiger charge is -2.19. The molecule has 0 bridgehead atoms. The Balaban J connectivity index is 1.40. The summed E-state index contributed by atoms with van der Waals surface area (Å²) < 4.78 is 0. The zero-order chi connectivity index (χ0) is 28.5. The number of pyridine rings is 1. The molecule has 1 saturated heterocycles. The van der Waals surface area contributed by atoms with Gasteiger partial charge < -0.3 is 26.0 Å². The number of rotatable bonds is 11. The number of hydrogen-bond donors (Lipinski definition) is 4. The third-order valence-corrected chi connectivity index (χ3v) is 6.68. The Morgan fingerprint density at radius 3 is 2.50 bits per heavy atom. The first-order valence-electron chi connectivity index (χ1n) is 13.0. The Morgan fingerprint density at radius 2 is 1.75 bits per heavy atom. The maximum absolute atomic E-state index is 13.0. The summed E-state index contributed by atoms with van der Waals surface area (Å²) in [7, 11) is 0. The first-order chi connectivity index (χ1) is 19.4. The van der Waals surface area contributed by atoms with E-state index in [0.717, 1.165) is 17.5 Å². The van der Waals surface area contributed by atoms with E-state index in [9.17, 15) is 24.4 Å². The highest BCUT2D eigenvalue weighted by atomic mass is 16.4. The van der Waals surface area contributed by atoms with Crippen molar-refractivity contribution in [3.05, 3.63) is 65.9 Å². The smallest absolute Gasteiger partial charge is 0.317 e. The van der Waals surface area contributed by atoms with Crippen molar-refractivity contribution in [3.8, 4) is 17.2 Å². The summed E-state index contributed by atoms with van der Waals surface area (Å²) in [4.78, 5) is 54.4. The minimum Gasteiger partial charge on any atom is -0.480 e. The van der Waals surface area contributed by atoms with Gasteiger partial charge in [0.1, 0.15) is 6.04 Å². The molecule has 3 aromatic rings. The molecule has 1 fully saturated rings. The van der Waals surface area contributed by atoms with Gasteiger partial charge in [-0.15, -0.1) is 0 Å². The molecule has 0 radical (unpaired) electrons. The van der Waals surface area contributed by atoms with Gasteiger partial charge in [0.25, 0.3) is 11.8 Å². The lowest BCUT2D eigenvalue weighted by Crippen LogP contribution is -2.42. The number of carbonyl (C=O) groups is 4. The number of carboxylic acid groups (broad SMARTS) is 1. The predicted molar refractivity (Wildman–Crippen MR) is 147 cm³/mol. The van der Waals surface area contributed by atoms with E-state index in [1.54, 1.807) is 24.4 Å². The van der Waals surface area contributed by atoms with Crippen LogP contribution in [0.1, 0.15) is 40.0 Å². The Morgan fingerprint density at radius 1 is 0.975 bits per heavy atom. The number of hydrogen-bond acceptors (Lipinski definition) is 7. The van der Waals surface area contributed by atoms with Gasteiger partial charge in [-0.2, -0.15) is 5.26 Å². The fraction of sp³-hybridized carbons (Fsp3) is 0.310. The van der Waals surface area contributed by atoms with Crippen LogP contribution in [0, 0.1) is 11.3 Å². The van der Waals surface area contributed by atoms with Crippen molar-refractivity contribution in [3.63, 3.8) is 0 Å². The molecular formula is C29H30N6O5. The van der Waals surface area contributed by atoms with Crippen LogP contribution in [-0.2, 0) is 9.59 Å². The predicted octanol–water partition coefficient (Wildman–Crippen LogP) is 1.94. The van der Waals surface area contributed by atoms with E-state index in [4.69, 9.17) is 5.11 Å². The van der Waals surface area contributed by atoms with Crippen LogP contribution in [-0.4, -0.2) is 77.4 Å². The zero-order valence-electron chi connectivity index (χ0n) is 21.9. The van der Waals surface area contributed by atoms with Crippen molar-refractivity contribution in [1.82, 2.24) is 25.8 Å². The van der Waals surface area contributed by atoms with Gasteiger partial charge in [0.2, 0.25) is 5.91 Å². The summed E-state index contributed by atoms with van der Waals surface area (Å²) in [6, 6.07) is 15.9. The molecule has 3 amide bonds. The molecule has 0 spiro atoms. The third kappa shape index (κ3) is 6.98. The van der Waals surface area contributed by atoms with Crippen LogP contribution < -0.4 is 16.0 Å². The number of benzene rings is 2. The minimum absolute atomic E-state index is 0.117. The number of nitriles is 1. The Labute approximate surface area is 231 Å². The molecule has 2 aromatic carbocycles. The second-order valence-electron chi connectivity index (χ2n) is 9.40. The third-order valence-electron chi connectivity index (χ3n) is 6.68. The monoisotopic (exact) mass is 542 g/mol. The molecule has 1 aromatic heterocycles. The number of aromatic nitrogens is 1. The van der Waals surface area contributed by atoms with Crippen LogP contribution in [0.5, 0.6) is 0 Å². The fourth-order valence-corrected chi connectivity index (χ4v) is 4.60. The summed E-state index contributed by atoms with van der Waals surface area (Å²) in [5, 5.41) is 26.7. The van der Waals surface area contributed by atoms with Gasteiger partial charge in [-0.05, 0) is 67.3 Å². The molecule has 40 heavy (non-hydrogen) atoms. The molecule has 0 aliphatic carbocycles. The molecule has 2 heterocycles. The van der Waals surface area contributed by atoms with Gasteiger partial charge in [-0.1, -0.05) is 18.2 Å². The standard InChI is InChI=1S/C29H30N6O5/c30-16-22-3-1-14-35(22)26(36)17-34-29(40)23-10-13-32-25-9-8-21(15-24(23)25)19-4-6-20(7-5-19)28(39)33-12-2-11-31-18-27(37)38/h4-10,13,15,22,31H,1-3,11-12,14,17-18H2,(H,33,39)(H,34,40)(H,37,38)/t22-/m0/s1. The van der Waals surface area contributed by atoms with Gasteiger partial charge >= 0.3 is 5.97 Å².